The molecule has 0 amide bonds. The average Bonchev–Trinajstić information content (AvgIpc) is 2.66. The van der Waals surface area contributed by atoms with Gasteiger partial charge in [-0.25, -0.2) is 9.37 Å². The third kappa shape index (κ3) is 5.69. The Balaban J connectivity index is 2.29. The maximum atomic E-state index is 14.4. The van der Waals surface area contributed by atoms with Crippen molar-refractivity contribution >= 4 is 23.5 Å². The number of halogens is 1. The van der Waals surface area contributed by atoms with Crippen molar-refractivity contribution in [3.05, 3.63) is 47.3 Å². The van der Waals surface area contributed by atoms with Crippen LogP contribution in [0.3, 0.4) is 0 Å². The lowest BCUT2D eigenvalue weighted by atomic mass is 10.2. The second-order valence-electron chi connectivity index (χ2n) is 5.81. The van der Waals surface area contributed by atoms with Crippen molar-refractivity contribution in [3.63, 3.8) is 0 Å². The topological polar surface area (TPSA) is 66.2 Å². The van der Waals surface area contributed by atoms with Crippen LogP contribution < -0.4 is 4.90 Å². The number of hydrogen-bond donors (Lipinski definition) is 0. The van der Waals surface area contributed by atoms with Gasteiger partial charge in [-0.15, -0.1) is 0 Å². The highest BCUT2D eigenvalue weighted by Gasteiger charge is 2.18. The smallest absolute Gasteiger partial charge is 0.307 e. The predicted octanol–water partition coefficient (Wildman–Crippen LogP) is 4.33. The lowest BCUT2D eigenvalue weighted by Crippen LogP contribution is -2.28. The van der Waals surface area contributed by atoms with Crippen LogP contribution in [0.25, 0.3) is 0 Å². The molecule has 7 heteroatoms. The summed E-state index contributed by atoms with van der Waals surface area (Å²) in [5.41, 5.74) is 1.26. The summed E-state index contributed by atoms with van der Waals surface area (Å²) in [7, 11) is 0. The molecule has 1 heterocycles. The van der Waals surface area contributed by atoms with E-state index in [2.05, 4.69) is 4.98 Å². The molecule has 0 N–H and O–H groups in total. The number of pyridine rings is 1. The summed E-state index contributed by atoms with van der Waals surface area (Å²) >= 11 is 1.20. The SMILES string of the molecule is CCOC(=O)CCN(CC)c1nc(Sc2ccc(C)cc2)c(F)cc1C#N. The number of esters is 1. The van der Waals surface area contributed by atoms with Crippen LogP contribution >= 0.6 is 11.8 Å². The maximum absolute atomic E-state index is 14.4. The normalized spacial score (nSPS) is 10.3. The minimum absolute atomic E-state index is 0.145. The summed E-state index contributed by atoms with van der Waals surface area (Å²) in [6.45, 7) is 6.82. The van der Waals surface area contributed by atoms with Crippen LogP contribution in [0.1, 0.15) is 31.4 Å². The molecule has 0 fully saturated rings. The first-order valence-corrected chi connectivity index (χ1v) is 9.55. The largest absolute Gasteiger partial charge is 0.466 e. The van der Waals surface area contributed by atoms with Gasteiger partial charge < -0.3 is 9.64 Å². The van der Waals surface area contributed by atoms with Gasteiger partial charge in [0.15, 0.2) is 5.82 Å². The molecule has 2 rings (SSSR count). The number of ether oxygens (including phenoxy) is 1. The van der Waals surface area contributed by atoms with Crippen LogP contribution in [0.15, 0.2) is 40.3 Å². The Morgan fingerprint density at radius 1 is 1.33 bits per heavy atom. The van der Waals surface area contributed by atoms with Crippen molar-refractivity contribution in [2.24, 2.45) is 0 Å². The van der Waals surface area contributed by atoms with Gasteiger partial charge >= 0.3 is 5.97 Å². The molecule has 27 heavy (non-hydrogen) atoms. The van der Waals surface area contributed by atoms with Crippen LogP contribution in [0.4, 0.5) is 10.2 Å². The van der Waals surface area contributed by atoms with Crippen molar-refractivity contribution in [1.82, 2.24) is 4.98 Å². The molecule has 0 aliphatic rings. The van der Waals surface area contributed by atoms with E-state index in [0.717, 1.165) is 10.5 Å². The standard InChI is InChI=1S/C20H22FN3O2S/c1-4-24(11-10-18(25)26-5-2)19-15(13-22)12-17(21)20(23-19)27-16-8-6-14(3)7-9-16/h6-9,12H,4-5,10-11H2,1-3H3. The summed E-state index contributed by atoms with van der Waals surface area (Å²) < 4.78 is 19.4. The molecule has 0 bridgehead atoms. The monoisotopic (exact) mass is 387 g/mol. The maximum Gasteiger partial charge on any atom is 0.307 e. The molecule has 0 atom stereocenters. The number of aryl methyl sites for hydroxylation is 1. The molecule has 0 saturated carbocycles. The van der Waals surface area contributed by atoms with Crippen LogP contribution in [0.5, 0.6) is 0 Å². The first kappa shape index (κ1) is 20.7. The Morgan fingerprint density at radius 3 is 2.63 bits per heavy atom. The lowest BCUT2D eigenvalue weighted by Gasteiger charge is -2.23. The fourth-order valence-electron chi connectivity index (χ4n) is 2.45. The Kier molecular flexibility index (Phi) is 7.62. The first-order valence-electron chi connectivity index (χ1n) is 8.74. The van der Waals surface area contributed by atoms with E-state index in [1.54, 1.807) is 11.8 Å². The Bertz CT molecular complexity index is 834. The lowest BCUT2D eigenvalue weighted by molar-refractivity contribution is -0.142. The highest BCUT2D eigenvalue weighted by molar-refractivity contribution is 7.99. The molecular formula is C20H22FN3O2S. The van der Waals surface area contributed by atoms with E-state index in [4.69, 9.17) is 4.74 Å². The average molecular weight is 387 g/mol. The second-order valence-corrected chi connectivity index (χ2v) is 6.87. The minimum Gasteiger partial charge on any atom is -0.466 e. The molecule has 5 nitrogen and oxygen atoms in total. The third-order valence-electron chi connectivity index (χ3n) is 3.85. The molecule has 2 aromatic rings. The van der Waals surface area contributed by atoms with Gasteiger partial charge in [0.2, 0.25) is 0 Å². The zero-order valence-electron chi connectivity index (χ0n) is 15.7. The number of hydrogen-bond acceptors (Lipinski definition) is 6. The predicted molar refractivity (Wildman–Crippen MR) is 103 cm³/mol. The molecule has 1 aromatic heterocycles. The summed E-state index contributed by atoms with van der Waals surface area (Å²) in [5, 5.41) is 9.58. The Hall–Kier alpha value is -2.59. The number of aromatic nitrogens is 1. The number of carbonyl (C=O) groups excluding carboxylic acids is 1. The molecule has 0 radical (unpaired) electrons. The van der Waals surface area contributed by atoms with E-state index in [-0.39, 0.29) is 23.0 Å². The summed E-state index contributed by atoms with van der Waals surface area (Å²) in [4.78, 5) is 18.7. The zero-order valence-corrected chi connectivity index (χ0v) is 16.5. The third-order valence-corrected chi connectivity index (χ3v) is 4.84. The molecule has 142 valence electrons. The Labute approximate surface area is 163 Å². The van der Waals surface area contributed by atoms with Crippen molar-refractivity contribution in [2.75, 3.05) is 24.6 Å². The van der Waals surface area contributed by atoms with Crippen LogP contribution in [-0.2, 0) is 9.53 Å². The van der Waals surface area contributed by atoms with Gasteiger partial charge in [-0.2, -0.15) is 5.26 Å². The molecular weight excluding hydrogens is 365 g/mol. The molecule has 0 unspecified atom stereocenters. The zero-order chi connectivity index (χ0) is 19.8. The second kappa shape index (κ2) is 9.93. The number of nitriles is 1. The number of carbonyl (C=O) groups is 1. The van der Waals surface area contributed by atoms with E-state index in [9.17, 15) is 14.4 Å². The van der Waals surface area contributed by atoms with E-state index in [0.29, 0.717) is 25.5 Å². The summed E-state index contributed by atoms with van der Waals surface area (Å²) in [6, 6.07) is 10.9. The summed E-state index contributed by atoms with van der Waals surface area (Å²) in [5.74, 6) is -0.478. The number of nitrogens with zero attached hydrogens (tertiary/aromatic N) is 3. The van der Waals surface area contributed by atoms with Crippen LogP contribution in [-0.4, -0.2) is 30.6 Å². The number of benzene rings is 1. The molecule has 0 spiro atoms. The van der Waals surface area contributed by atoms with Gasteiger partial charge in [0.1, 0.15) is 16.9 Å². The van der Waals surface area contributed by atoms with Gasteiger partial charge in [-0.05, 0) is 39.0 Å². The van der Waals surface area contributed by atoms with E-state index in [1.807, 2.05) is 44.2 Å². The van der Waals surface area contributed by atoms with E-state index in [1.165, 1.54) is 17.8 Å². The molecule has 1 aromatic carbocycles. The quantitative estimate of drug-likeness (QED) is 0.628. The fraction of sp³-hybridized carbons (Fsp3) is 0.350. The molecule has 0 aliphatic heterocycles. The fourth-order valence-corrected chi connectivity index (χ4v) is 3.23. The summed E-state index contributed by atoms with van der Waals surface area (Å²) in [6.07, 6.45) is 0.173. The highest BCUT2D eigenvalue weighted by atomic mass is 32.2. The van der Waals surface area contributed by atoms with Gasteiger partial charge in [0, 0.05) is 18.0 Å². The van der Waals surface area contributed by atoms with E-state index >= 15 is 0 Å². The van der Waals surface area contributed by atoms with Gasteiger partial charge in [-0.3, -0.25) is 4.79 Å². The van der Waals surface area contributed by atoms with E-state index < -0.39 is 5.82 Å². The highest BCUT2D eigenvalue weighted by Crippen LogP contribution is 2.32. The Morgan fingerprint density at radius 2 is 2.04 bits per heavy atom. The van der Waals surface area contributed by atoms with Crippen LogP contribution in [0.2, 0.25) is 0 Å². The van der Waals surface area contributed by atoms with Crippen molar-refractivity contribution < 1.29 is 13.9 Å². The number of anilines is 1. The minimum atomic E-state index is -0.540. The molecule has 0 aliphatic carbocycles. The first-order chi connectivity index (χ1) is 13.0. The van der Waals surface area contributed by atoms with Crippen molar-refractivity contribution in [2.45, 2.75) is 37.1 Å². The molecule has 0 saturated heterocycles. The van der Waals surface area contributed by atoms with Gasteiger partial charge in [0.25, 0.3) is 0 Å². The van der Waals surface area contributed by atoms with Gasteiger partial charge in [-0.1, -0.05) is 29.5 Å². The van der Waals surface area contributed by atoms with Crippen LogP contribution in [0, 0.1) is 24.1 Å². The van der Waals surface area contributed by atoms with Gasteiger partial charge in [0.05, 0.1) is 18.6 Å². The van der Waals surface area contributed by atoms with Crippen molar-refractivity contribution in [3.8, 4) is 6.07 Å². The number of rotatable bonds is 8. The van der Waals surface area contributed by atoms with Crippen molar-refractivity contribution in [1.29, 1.82) is 5.26 Å².